The Morgan fingerprint density at radius 1 is 1.35 bits per heavy atom. The van der Waals surface area contributed by atoms with Crippen LogP contribution in [0.5, 0.6) is 0 Å². The first kappa shape index (κ1) is 14.5. The normalized spacial score (nSPS) is 18.8. The van der Waals surface area contributed by atoms with Crippen LogP contribution in [-0.2, 0) is 4.79 Å². The minimum absolute atomic E-state index is 0.228. The van der Waals surface area contributed by atoms with Gasteiger partial charge in [-0.15, -0.1) is 0 Å². The molecular weight excluding hydrogens is 236 g/mol. The minimum Gasteiger partial charge on any atom is -0.343 e. The SMILES string of the molecule is CCN(CC)C(=O)C1CCN(CC=CCl)CC1. The Morgan fingerprint density at radius 3 is 2.41 bits per heavy atom. The van der Waals surface area contributed by atoms with E-state index < -0.39 is 0 Å². The number of rotatable bonds is 5. The van der Waals surface area contributed by atoms with Crippen molar-refractivity contribution in [2.45, 2.75) is 26.7 Å². The summed E-state index contributed by atoms with van der Waals surface area (Å²) >= 11 is 5.51. The molecule has 0 atom stereocenters. The Labute approximate surface area is 109 Å². The highest BCUT2D eigenvalue weighted by atomic mass is 35.5. The molecule has 1 fully saturated rings. The van der Waals surface area contributed by atoms with E-state index in [2.05, 4.69) is 4.90 Å². The van der Waals surface area contributed by atoms with E-state index >= 15 is 0 Å². The number of halogens is 1. The number of nitrogens with zero attached hydrogens (tertiary/aromatic N) is 2. The van der Waals surface area contributed by atoms with Gasteiger partial charge in [-0.05, 0) is 39.8 Å². The molecule has 0 aromatic carbocycles. The number of carbonyl (C=O) groups excluding carboxylic acids is 1. The summed E-state index contributed by atoms with van der Waals surface area (Å²) in [6.07, 6.45) is 3.91. The quantitative estimate of drug-likeness (QED) is 0.756. The molecule has 1 rings (SSSR count). The average molecular weight is 259 g/mol. The smallest absolute Gasteiger partial charge is 0.225 e. The molecule has 0 aromatic heterocycles. The van der Waals surface area contributed by atoms with E-state index in [1.807, 2.05) is 24.8 Å². The van der Waals surface area contributed by atoms with Crippen LogP contribution in [0.3, 0.4) is 0 Å². The summed E-state index contributed by atoms with van der Waals surface area (Å²) in [5, 5.41) is 0. The van der Waals surface area contributed by atoms with Crippen LogP contribution in [-0.4, -0.2) is 48.4 Å². The van der Waals surface area contributed by atoms with Gasteiger partial charge in [-0.3, -0.25) is 9.69 Å². The summed E-state index contributed by atoms with van der Waals surface area (Å²) in [5.41, 5.74) is 1.56. The lowest BCUT2D eigenvalue weighted by atomic mass is 9.95. The summed E-state index contributed by atoms with van der Waals surface area (Å²) in [6, 6.07) is 0. The van der Waals surface area contributed by atoms with E-state index in [1.54, 1.807) is 5.54 Å². The van der Waals surface area contributed by atoms with Gasteiger partial charge in [0.1, 0.15) is 0 Å². The van der Waals surface area contributed by atoms with Crippen molar-refractivity contribution < 1.29 is 4.79 Å². The number of carbonyl (C=O) groups is 1. The summed E-state index contributed by atoms with van der Waals surface area (Å²) < 4.78 is 0. The number of hydrogen-bond acceptors (Lipinski definition) is 2. The summed E-state index contributed by atoms with van der Waals surface area (Å²) in [7, 11) is 0. The van der Waals surface area contributed by atoms with E-state index in [9.17, 15) is 4.79 Å². The van der Waals surface area contributed by atoms with Crippen LogP contribution < -0.4 is 0 Å². The average Bonchev–Trinajstić information content (AvgIpc) is 2.38. The molecule has 0 N–H and O–H groups in total. The van der Waals surface area contributed by atoms with E-state index in [4.69, 9.17) is 11.6 Å². The maximum Gasteiger partial charge on any atom is 0.225 e. The molecule has 1 saturated heterocycles. The lowest BCUT2D eigenvalue weighted by Gasteiger charge is -2.33. The maximum atomic E-state index is 12.2. The molecule has 0 radical (unpaired) electrons. The van der Waals surface area contributed by atoms with Crippen molar-refractivity contribution >= 4 is 17.5 Å². The topological polar surface area (TPSA) is 23.6 Å². The molecule has 3 nitrogen and oxygen atoms in total. The first-order valence-electron chi connectivity index (χ1n) is 6.49. The Balaban J connectivity index is 2.38. The summed E-state index contributed by atoms with van der Waals surface area (Å²) in [6.45, 7) is 8.63. The second kappa shape index (κ2) is 7.72. The Morgan fingerprint density at radius 2 is 1.94 bits per heavy atom. The van der Waals surface area contributed by atoms with Crippen molar-refractivity contribution in [1.82, 2.24) is 9.80 Å². The number of hydrogen-bond donors (Lipinski definition) is 0. The predicted octanol–water partition coefficient (Wildman–Crippen LogP) is 2.32. The van der Waals surface area contributed by atoms with Crippen LogP contribution in [0.4, 0.5) is 0 Å². The minimum atomic E-state index is 0.228. The molecule has 4 heteroatoms. The van der Waals surface area contributed by atoms with Gasteiger partial charge in [0.15, 0.2) is 0 Å². The summed E-state index contributed by atoms with van der Waals surface area (Å²) in [5.74, 6) is 0.564. The Hall–Kier alpha value is -0.540. The molecule has 98 valence electrons. The fraction of sp³-hybridized carbons (Fsp3) is 0.769. The molecule has 0 aliphatic carbocycles. The first-order chi connectivity index (χ1) is 8.22. The van der Waals surface area contributed by atoms with Crippen molar-refractivity contribution in [2.75, 3.05) is 32.7 Å². The zero-order valence-electron chi connectivity index (χ0n) is 10.9. The lowest BCUT2D eigenvalue weighted by Crippen LogP contribution is -2.42. The van der Waals surface area contributed by atoms with Crippen molar-refractivity contribution in [3.8, 4) is 0 Å². The fourth-order valence-corrected chi connectivity index (χ4v) is 2.42. The lowest BCUT2D eigenvalue weighted by molar-refractivity contribution is -0.136. The van der Waals surface area contributed by atoms with Crippen molar-refractivity contribution in [1.29, 1.82) is 0 Å². The zero-order valence-corrected chi connectivity index (χ0v) is 11.6. The Kier molecular flexibility index (Phi) is 6.60. The molecule has 1 aliphatic rings. The molecule has 17 heavy (non-hydrogen) atoms. The highest BCUT2D eigenvalue weighted by Crippen LogP contribution is 2.19. The van der Waals surface area contributed by atoms with Crippen LogP contribution in [0.25, 0.3) is 0 Å². The van der Waals surface area contributed by atoms with E-state index in [0.29, 0.717) is 5.91 Å². The van der Waals surface area contributed by atoms with Gasteiger partial charge in [0.25, 0.3) is 0 Å². The summed E-state index contributed by atoms with van der Waals surface area (Å²) in [4.78, 5) is 16.4. The van der Waals surface area contributed by atoms with Gasteiger partial charge >= 0.3 is 0 Å². The molecule has 1 amide bonds. The van der Waals surface area contributed by atoms with Crippen LogP contribution in [0.1, 0.15) is 26.7 Å². The molecule has 0 unspecified atom stereocenters. The third-order valence-electron chi connectivity index (χ3n) is 3.46. The molecular formula is C13H23ClN2O. The number of amides is 1. The largest absolute Gasteiger partial charge is 0.343 e. The standard InChI is InChI=1S/C13H23ClN2O/c1-3-16(4-2)13(17)12-6-10-15(11-7-12)9-5-8-14/h5,8,12H,3-4,6-7,9-11H2,1-2H3. The van der Waals surface area contributed by atoms with Gasteiger partial charge in [0.2, 0.25) is 5.91 Å². The highest BCUT2D eigenvalue weighted by molar-refractivity contribution is 6.25. The van der Waals surface area contributed by atoms with Gasteiger partial charge in [0.05, 0.1) is 0 Å². The van der Waals surface area contributed by atoms with Crippen LogP contribution in [0.2, 0.25) is 0 Å². The van der Waals surface area contributed by atoms with Gasteiger partial charge < -0.3 is 4.90 Å². The van der Waals surface area contributed by atoms with Crippen molar-refractivity contribution in [3.05, 3.63) is 11.6 Å². The number of likely N-dealkylation sites (tertiary alicyclic amines) is 1. The monoisotopic (exact) mass is 258 g/mol. The first-order valence-corrected chi connectivity index (χ1v) is 6.92. The van der Waals surface area contributed by atoms with Gasteiger partial charge in [-0.25, -0.2) is 0 Å². The molecule has 1 heterocycles. The number of piperidine rings is 1. The third-order valence-corrected chi connectivity index (χ3v) is 3.64. The zero-order chi connectivity index (χ0) is 12.7. The third kappa shape index (κ3) is 4.32. The van der Waals surface area contributed by atoms with Gasteiger partial charge in [-0.1, -0.05) is 17.7 Å². The molecule has 0 aromatic rings. The van der Waals surface area contributed by atoms with Crippen LogP contribution in [0.15, 0.2) is 11.6 Å². The predicted molar refractivity (Wildman–Crippen MR) is 72.1 cm³/mol. The van der Waals surface area contributed by atoms with Crippen LogP contribution in [0, 0.1) is 5.92 Å². The van der Waals surface area contributed by atoms with Crippen LogP contribution >= 0.6 is 11.6 Å². The van der Waals surface area contributed by atoms with Gasteiger partial charge in [-0.2, -0.15) is 0 Å². The molecule has 0 saturated carbocycles. The highest BCUT2D eigenvalue weighted by Gasteiger charge is 2.26. The van der Waals surface area contributed by atoms with Gasteiger partial charge in [0, 0.05) is 31.1 Å². The Bertz CT molecular complexity index is 256. The van der Waals surface area contributed by atoms with Crippen molar-refractivity contribution in [3.63, 3.8) is 0 Å². The van der Waals surface area contributed by atoms with Crippen molar-refractivity contribution in [2.24, 2.45) is 5.92 Å². The molecule has 1 aliphatic heterocycles. The fourth-order valence-electron chi connectivity index (χ4n) is 2.34. The van der Waals surface area contributed by atoms with E-state index in [0.717, 1.165) is 45.6 Å². The second-order valence-electron chi connectivity index (χ2n) is 4.45. The van der Waals surface area contributed by atoms with E-state index in [1.165, 1.54) is 0 Å². The maximum absolute atomic E-state index is 12.2. The second-order valence-corrected chi connectivity index (χ2v) is 4.70. The van der Waals surface area contributed by atoms with E-state index in [-0.39, 0.29) is 5.92 Å². The molecule has 0 bridgehead atoms. The molecule has 0 spiro atoms.